The minimum Gasteiger partial charge on any atom is -0.312 e. The molecular formula is C12H20F3N3. The standard InChI is InChI=1S/C12H20F3N3/c1-4-5-11(7-16-9(2)3)18-8-10(6-17-18)12(13,14)15/h6,8-9,11,16H,4-5,7H2,1-3H3. The molecule has 104 valence electrons. The largest absolute Gasteiger partial charge is 0.419 e. The normalized spacial score (nSPS) is 14.2. The first-order valence-corrected chi connectivity index (χ1v) is 6.19. The van der Waals surface area contributed by atoms with E-state index in [4.69, 9.17) is 0 Å². The number of nitrogens with one attached hydrogen (secondary N) is 1. The smallest absolute Gasteiger partial charge is 0.312 e. The van der Waals surface area contributed by atoms with Crippen molar-refractivity contribution in [3.8, 4) is 0 Å². The first-order chi connectivity index (χ1) is 8.34. The van der Waals surface area contributed by atoms with Gasteiger partial charge in [-0.1, -0.05) is 27.2 Å². The number of halogens is 3. The highest BCUT2D eigenvalue weighted by Crippen LogP contribution is 2.29. The zero-order valence-corrected chi connectivity index (χ0v) is 11.0. The molecule has 1 N–H and O–H groups in total. The van der Waals surface area contributed by atoms with Crippen molar-refractivity contribution in [3.05, 3.63) is 18.0 Å². The third-order valence-corrected chi connectivity index (χ3v) is 2.69. The predicted molar refractivity (Wildman–Crippen MR) is 64.3 cm³/mol. The van der Waals surface area contributed by atoms with E-state index in [0.29, 0.717) is 12.6 Å². The van der Waals surface area contributed by atoms with Gasteiger partial charge in [0.25, 0.3) is 0 Å². The molecule has 1 aromatic heterocycles. The van der Waals surface area contributed by atoms with Gasteiger partial charge >= 0.3 is 6.18 Å². The van der Waals surface area contributed by atoms with Crippen molar-refractivity contribution in [2.75, 3.05) is 6.54 Å². The second-order valence-corrected chi connectivity index (χ2v) is 4.71. The molecule has 1 heterocycles. The monoisotopic (exact) mass is 263 g/mol. The van der Waals surface area contributed by atoms with Gasteiger partial charge in [0, 0.05) is 18.8 Å². The van der Waals surface area contributed by atoms with E-state index in [1.807, 2.05) is 20.8 Å². The maximum Gasteiger partial charge on any atom is 0.419 e. The van der Waals surface area contributed by atoms with Crippen LogP contribution in [0, 0.1) is 0 Å². The van der Waals surface area contributed by atoms with E-state index in [2.05, 4.69) is 10.4 Å². The lowest BCUT2D eigenvalue weighted by molar-refractivity contribution is -0.137. The van der Waals surface area contributed by atoms with Crippen molar-refractivity contribution in [2.24, 2.45) is 0 Å². The summed E-state index contributed by atoms with van der Waals surface area (Å²) in [6, 6.07) is 0.274. The van der Waals surface area contributed by atoms with Crippen LogP contribution in [-0.2, 0) is 6.18 Å². The Bertz CT molecular complexity index is 358. The Morgan fingerprint density at radius 2 is 2.06 bits per heavy atom. The number of nitrogens with zero attached hydrogens (tertiary/aromatic N) is 2. The maximum absolute atomic E-state index is 12.5. The van der Waals surface area contributed by atoms with Gasteiger partial charge in [0.1, 0.15) is 0 Å². The zero-order valence-electron chi connectivity index (χ0n) is 11.0. The molecule has 0 amide bonds. The van der Waals surface area contributed by atoms with Crippen LogP contribution < -0.4 is 5.32 Å². The van der Waals surface area contributed by atoms with E-state index in [1.54, 1.807) is 0 Å². The fourth-order valence-corrected chi connectivity index (χ4v) is 1.72. The Labute approximate surface area is 105 Å². The molecule has 0 saturated carbocycles. The van der Waals surface area contributed by atoms with Crippen LogP contribution in [-0.4, -0.2) is 22.4 Å². The van der Waals surface area contributed by atoms with Crippen molar-refractivity contribution >= 4 is 0 Å². The molecule has 0 aliphatic heterocycles. The molecule has 0 bridgehead atoms. The van der Waals surface area contributed by atoms with E-state index in [9.17, 15) is 13.2 Å². The van der Waals surface area contributed by atoms with Gasteiger partial charge in [-0.25, -0.2) is 0 Å². The molecular weight excluding hydrogens is 243 g/mol. The van der Waals surface area contributed by atoms with E-state index in [1.165, 1.54) is 4.68 Å². The maximum atomic E-state index is 12.5. The van der Waals surface area contributed by atoms with Crippen molar-refractivity contribution < 1.29 is 13.2 Å². The summed E-state index contributed by atoms with van der Waals surface area (Å²) in [5.74, 6) is 0. The molecule has 0 fully saturated rings. The highest BCUT2D eigenvalue weighted by molar-refractivity contribution is 5.08. The van der Waals surface area contributed by atoms with E-state index < -0.39 is 11.7 Å². The van der Waals surface area contributed by atoms with Gasteiger partial charge in [0.15, 0.2) is 0 Å². The van der Waals surface area contributed by atoms with Gasteiger partial charge < -0.3 is 5.32 Å². The van der Waals surface area contributed by atoms with Crippen LogP contribution >= 0.6 is 0 Å². The highest BCUT2D eigenvalue weighted by atomic mass is 19.4. The van der Waals surface area contributed by atoms with Crippen LogP contribution in [0.4, 0.5) is 13.2 Å². The summed E-state index contributed by atoms with van der Waals surface area (Å²) >= 11 is 0. The van der Waals surface area contributed by atoms with Gasteiger partial charge in [-0.2, -0.15) is 18.3 Å². The Morgan fingerprint density at radius 1 is 1.39 bits per heavy atom. The lowest BCUT2D eigenvalue weighted by Gasteiger charge is -2.19. The third-order valence-electron chi connectivity index (χ3n) is 2.69. The summed E-state index contributed by atoms with van der Waals surface area (Å²) in [4.78, 5) is 0. The Morgan fingerprint density at radius 3 is 2.50 bits per heavy atom. The topological polar surface area (TPSA) is 29.9 Å². The van der Waals surface area contributed by atoms with Gasteiger partial charge in [-0.15, -0.1) is 0 Å². The lowest BCUT2D eigenvalue weighted by Crippen LogP contribution is -2.30. The summed E-state index contributed by atoms with van der Waals surface area (Å²) in [5, 5.41) is 7.07. The first kappa shape index (κ1) is 15.0. The van der Waals surface area contributed by atoms with Gasteiger partial charge in [0.05, 0.1) is 17.8 Å². The summed E-state index contributed by atoms with van der Waals surface area (Å²) in [7, 11) is 0. The van der Waals surface area contributed by atoms with Gasteiger partial charge in [-0.05, 0) is 6.42 Å². The molecule has 1 atom stereocenters. The Kier molecular flexibility index (Phi) is 5.19. The average molecular weight is 263 g/mol. The summed E-state index contributed by atoms with van der Waals surface area (Å²) in [6.45, 7) is 6.65. The average Bonchev–Trinajstić information content (AvgIpc) is 2.72. The molecule has 0 aromatic carbocycles. The van der Waals surface area contributed by atoms with Crippen molar-refractivity contribution in [1.29, 1.82) is 0 Å². The SMILES string of the molecule is CCCC(CNC(C)C)n1cc(C(F)(F)F)cn1. The van der Waals surface area contributed by atoms with Crippen LogP contribution in [0.3, 0.4) is 0 Å². The fourth-order valence-electron chi connectivity index (χ4n) is 1.72. The first-order valence-electron chi connectivity index (χ1n) is 6.19. The molecule has 6 heteroatoms. The molecule has 18 heavy (non-hydrogen) atoms. The van der Waals surface area contributed by atoms with E-state index >= 15 is 0 Å². The second kappa shape index (κ2) is 6.22. The minimum atomic E-state index is -4.32. The number of alkyl halides is 3. The number of aromatic nitrogens is 2. The Hall–Kier alpha value is -1.04. The van der Waals surface area contributed by atoms with Crippen LogP contribution in [0.1, 0.15) is 45.2 Å². The molecule has 0 aliphatic carbocycles. The van der Waals surface area contributed by atoms with Crippen LogP contribution in [0.15, 0.2) is 12.4 Å². The van der Waals surface area contributed by atoms with Gasteiger partial charge in [-0.3, -0.25) is 4.68 Å². The highest BCUT2D eigenvalue weighted by Gasteiger charge is 2.32. The van der Waals surface area contributed by atoms with Crippen LogP contribution in [0.2, 0.25) is 0 Å². The third kappa shape index (κ3) is 4.33. The predicted octanol–water partition coefficient (Wildman–Crippen LogP) is 3.24. The Balaban J connectivity index is 2.76. The quantitative estimate of drug-likeness (QED) is 0.854. The minimum absolute atomic E-state index is 0.0338. The van der Waals surface area contributed by atoms with Gasteiger partial charge in [0.2, 0.25) is 0 Å². The van der Waals surface area contributed by atoms with Crippen molar-refractivity contribution in [1.82, 2.24) is 15.1 Å². The molecule has 1 aromatic rings. The van der Waals surface area contributed by atoms with Crippen molar-refractivity contribution in [2.45, 2.75) is 51.9 Å². The number of hydrogen-bond acceptors (Lipinski definition) is 2. The van der Waals surface area contributed by atoms with Crippen molar-refractivity contribution in [3.63, 3.8) is 0 Å². The molecule has 3 nitrogen and oxygen atoms in total. The molecule has 0 radical (unpaired) electrons. The zero-order chi connectivity index (χ0) is 13.8. The molecule has 1 unspecified atom stereocenters. The second-order valence-electron chi connectivity index (χ2n) is 4.71. The number of hydrogen-bond donors (Lipinski definition) is 1. The summed E-state index contributed by atoms with van der Waals surface area (Å²) < 4.78 is 38.9. The van der Waals surface area contributed by atoms with E-state index in [0.717, 1.165) is 25.2 Å². The molecule has 0 spiro atoms. The summed E-state index contributed by atoms with van der Waals surface area (Å²) in [5.41, 5.74) is -0.687. The fraction of sp³-hybridized carbons (Fsp3) is 0.750. The molecule has 0 aliphatic rings. The molecule has 1 rings (SSSR count). The molecule has 0 saturated heterocycles. The summed E-state index contributed by atoms with van der Waals surface area (Å²) in [6.07, 6.45) is -0.634. The number of rotatable bonds is 6. The van der Waals surface area contributed by atoms with Crippen LogP contribution in [0.5, 0.6) is 0 Å². The van der Waals surface area contributed by atoms with Crippen LogP contribution in [0.25, 0.3) is 0 Å². The van der Waals surface area contributed by atoms with E-state index in [-0.39, 0.29) is 6.04 Å². The lowest BCUT2D eigenvalue weighted by atomic mass is 10.1.